The van der Waals surface area contributed by atoms with Crippen LogP contribution in [0.15, 0.2) is 12.2 Å². The van der Waals surface area contributed by atoms with E-state index >= 15 is 0 Å². The number of carboxylic acid groups (broad SMARTS) is 1. The number of hydrogen-bond acceptors (Lipinski definition) is 2. The summed E-state index contributed by atoms with van der Waals surface area (Å²) in [5.41, 5.74) is 0. The predicted octanol–water partition coefficient (Wildman–Crippen LogP) is 3.08. The molecule has 114 valence electrons. The van der Waals surface area contributed by atoms with Crippen LogP contribution in [0, 0.1) is 11.8 Å². The molecule has 1 aliphatic carbocycles. The van der Waals surface area contributed by atoms with Gasteiger partial charge >= 0.3 is 5.97 Å². The van der Waals surface area contributed by atoms with Crippen molar-refractivity contribution < 1.29 is 14.7 Å². The molecule has 0 aromatic heterocycles. The summed E-state index contributed by atoms with van der Waals surface area (Å²) in [6.07, 6.45) is 8.91. The van der Waals surface area contributed by atoms with Gasteiger partial charge in [-0.2, -0.15) is 0 Å². The van der Waals surface area contributed by atoms with Crippen LogP contribution in [0.1, 0.15) is 52.4 Å². The Hall–Kier alpha value is -1.32. The van der Waals surface area contributed by atoms with E-state index in [-0.39, 0.29) is 11.8 Å². The van der Waals surface area contributed by atoms with Gasteiger partial charge in [-0.25, -0.2) is 0 Å². The van der Waals surface area contributed by atoms with Crippen molar-refractivity contribution in [3.63, 3.8) is 0 Å². The highest BCUT2D eigenvalue weighted by Gasteiger charge is 2.35. The van der Waals surface area contributed by atoms with Crippen molar-refractivity contribution in [1.29, 1.82) is 0 Å². The zero-order valence-electron chi connectivity index (χ0n) is 12.7. The van der Waals surface area contributed by atoms with Crippen LogP contribution in [-0.4, -0.2) is 35.0 Å². The van der Waals surface area contributed by atoms with Crippen LogP contribution in [0.2, 0.25) is 0 Å². The number of hydrogen-bond donors (Lipinski definition) is 1. The molecule has 0 aliphatic heterocycles. The van der Waals surface area contributed by atoms with Gasteiger partial charge in [-0.1, -0.05) is 38.8 Å². The average molecular weight is 281 g/mol. The van der Waals surface area contributed by atoms with Gasteiger partial charge in [0.2, 0.25) is 5.91 Å². The molecule has 0 heterocycles. The molecule has 0 aromatic rings. The standard InChI is InChI=1S/C16H27NO3/c1-3-5-11-17(12-6-4-2)15(18)13-9-7-8-10-14(13)16(19)20/h7-8,13-14H,3-6,9-12H2,1-2H3,(H,19,20)/t13-,14+/m1/s1. The van der Waals surface area contributed by atoms with Crippen molar-refractivity contribution in [2.24, 2.45) is 11.8 Å². The highest BCUT2D eigenvalue weighted by atomic mass is 16.4. The second-order valence-corrected chi connectivity index (χ2v) is 5.53. The third-order valence-corrected chi connectivity index (χ3v) is 3.94. The highest BCUT2D eigenvalue weighted by molar-refractivity contribution is 5.85. The van der Waals surface area contributed by atoms with Crippen LogP contribution in [0.3, 0.4) is 0 Å². The first-order chi connectivity index (χ1) is 9.61. The lowest BCUT2D eigenvalue weighted by molar-refractivity contribution is -0.150. The van der Waals surface area contributed by atoms with Gasteiger partial charge in [0.1, 0.15) is 0 Å². The van der Waals surface area contributed by atoms with E-state index in [1.165, 1.54) is 0 Å². The van der Waals surface area contributed by atoms with Crippen molar-refractivity contribution >= 4 is 11.9 Å². The molecule has 0 bridgehead atoms. The minimum absolute atomic E-state index is 0.0312. The third kappa shape index (κ3) is 4.66. The van der Waals surface area contributed by atoms with E-state index < -0.39 is 11.9 Å². The molecule has 1 aliphatic rings. The van der Waals surface area contributed by atoms with Crippen molar-refractivity contribution in [1.82, 2.24) is 4.90 Å². The first kappa shape index (κ1) is 16.7. The molecule has 0 spiro atoms. The summed E-state index contributed by atoms with van der Waals surface area (Å²) < 4.78 is 0. The second-order valence-electron chi connectivity index (χ2n) is 5.53. The van der Waals surface area contributed by atoms with Crippen molar-refractivity contribution in [2.75, 3.05) is 13.1 Å². The minimum atomic E-state index is -0.848. The van der Waals surface area contributed by atoms with Gasteiger partial charge in [-0.3, -0.25) is 9.59 Å². The van der Waals surface area contributed by atoms with Gasteiger partial charge < -0.3 is 10.0 Å². The number of nitrogens with zero attached hydrogens (tertiary/aromatic N) is 1. The minimum Gasteiger partial charge on any atom is -0.481 e. The largest absolute Gasteiger partial charge is 0.481 e. The number of amides is 1. The third-order valence-electron chi connectivity index (χ3n) is 3.94. The molecule has 2 atom stereocenters. The Balaban J connectivity index is 2.74. The zero-order valence-corrected chi connectivity index (χ0v) is 12.7. The Labute approximate surface area is 121 Å². The van der Waals surface area contributed by atoms with Crippen LogP contribution in [0.4, 0.5) is 0 Å². The van der Waals surface area contributed by atoms with E-state index in [0.717, 1.165) is 38.8 Å². The lowest BCUT2D eigenvalue weighted by Gasteiger charge is -2.31. The molecule has 0 fully saturated rings. The molecule has 0 saturated carbocycles. The number of carbonyl (C=O) groups excluding carboxylic acids is 1. The maximum atomic E-state index is 12.7. The summed E-state index contributed by atoms with van der Waals surface area (Å²) in [5.74, 6) is -1.76. The smallest absolute Gasteiger partial charge is 0.307 e. The van der Waals surface area contributed by atoms with Crippen molar-refractivity contribution in [2.45, 2.75) is 52.4 Å². The van der Waals surface area contributed by atoms with Gasteiger partial charge in [-0.05, 0) is 25.7 Å². The highest BCUT2D eigenvalue weighted by Crippen LogP contribution is 2.28. The number of carbonyl (C=O) groups is 2. The monoisotopic (exact) mass is 281 g/mol. The lowest BCUT2D eigenvalue weighted by Crippen LogP contribution is -2.42. The average Bonchev–Trinajstić information content (AvgIpc) is 2.46. The molecule has 20 heavy (non-hydrogen) atoms. The quantitative estimate of drug-likeness (QED) is 0.696. The molecule has 0 aromatic carbocycles. The van der Waals surface area contributed by atoms with Crippen molar-refractivity contribution in [3.8, 4) is 0 Å². The zero-order chi connectivity index (χ0) is 15.0. The summed E-state index contributed by atoms with van der Waals surface area (Å²) >= 11 is 0. The molecule has 0 saturated heterocycles. The van der Waals surface area contributed by atoms with Gasteiger partial charge in [0, 0.05) is 13.1 Å². The Morgan fingerprint density at radius 3 is 2.00 bits per heavy atom. The number of allylic oxidation sites excluding steroid dienone is 2. The van der Waals surface area contributed by atoms with Crippen LogP contribution in [0.5, 0.6) is 0 Å². The van der Waals surface area contributed by atoms with Crippen molar-refractivity contribution in [3.05, 3.63) is 12.2 Å². The van der Waals surface area contributed by atoms with E-state index in [0.29, 0.717) is 12.8 Å². The van der Waals surface area contributed by atoms with E-state index in [9.17, 15) is 14.7 Å². The number of unbranched alkanes of at least 4 members (excludes halogenated alkanes) is 2. The maximum absolute atomic E-state index is 12.7. The SMILES string of the molecule is CCCCN(CCCC)C(=O)[C@@H]1CC=CC[C@@H]1C(=O)O. The molecule has 4 heteroatoms. The first-order valence-electron chi connectivity index (χ1n) is 7.78. The predicted molar refractivity (Wildman–Crippen MR) is 79.4 cm³/mol. The van der Waals surface area contributed by atoms with Gasteiger partial charge in [0.05, 0.1) is 11.8 Å². The molecule has 1 N–H and O–H groups in total. The molecular formula is C16H27NO3. The Bertz CT molecular complexity index is 344. The summed E-state index contributed by atoms with van der Waals surface area (Å²) in [6, 6.07) is 0. The Morgan fingerprint density at radius 1 is 1.05 bits per heavy atom. The molecule has 1 rings (SSSR count). The van der Waals surface area contributed by atoms with Gasteiger partial charge in [0.25, 0.3) is 0 Å². The van der Waals surface area contributed by atoms with Gasteiger partial charge in [0.15, 0.2) is 0 Å². The van der Waals surface area contributed by atoms with E-state index in [1.54, 1.807) is 0 Å². The molecule has 4 nitrogen and oxygen atoms in total. The van der Waals surface area contributed by atoms with Crippen LogP contribution in [-0.2, 0) is 9.59 Å². The van der Waals surface area contributed by atoms with E-state index in [4.69, 9.17) is 0 Å². The number of rotatable bonds is 8. The Kier molecular flexibility index (Phi) is 7.34. The topological polar surface area (TPSA) is 57.6 Å². The fourth-order valence-electron chi connectivity index (χ4n) is 2.62. The fraction of sp³-hybridized carbons (Fsp3) is 0.750. The summed E-state index contributed by atoms with van der Waals surface area (Å²) in [7, 11) is 0. The van der Waals surface area contributed by atoms with E-state index in [1.807, 2.05) is 17.1 Å². The summed E-state index contributed by atoms with van der Waals surface area (Å²) in [4.78, 5) is 25.9. The summed E-state index contributed by atoms with van der Waals surface area (Å²) in [6.45, 7) is 5.71. The second kappa shape index (κ2) is 8.77. The Morgan fingerprint density at radius 2 is 1.55 bits per heavy atom. The normalized spacial score (nSPS) is 21.7. The number of carboxylic acids is 1. The maximum Gasteiger partial charge on any atom is 0.307 e. The molecular weight excluding hydrogens is 254 g/mol. The van der Waals surface area contributed by atoms with Crippen LogP contribution in [0.25, 0.3) is 0 Å². The molecule has 0 radical (unpaired) electrons. The number of aliphatic carboxylic acids is 1. The van der Waals surface area contributed by atoms with Crippen LogP contribution >= 0.6 is 0 Å². The van der Waals surface area contributed by atoms with Crippen LogP contribution < -0.4 is 0 Å². The fourth-order valence-corrected chi connectivity index (χ4v) is 2.62. The van der Waals surface area contributed by atoms with E-state index in [2.05, 4.69) is 13.8 Å². The molecule has 0 unspecified atom stereocenters. The van der Waals surface area contributed by atoms with Gasteiger partial charge in [-0.15, -0.1) is 0 Å². The molecule has 1 amide bonds. The lowest BCUT2D eigenvalue weighted by atomic mass is 9.82. The first-order valence-corrected chi connectivity index (χ1v) is 7.78. The summed E-state index contributed by atoms with van der Waals surface area (Å²) in [5, 5.41) is 9.29.